The molecule has 0 aliphatic heterocycles. The fraction of sp³-hybridized carbons (Fsp3) is 0.214. The summed E-state index contributed by atoms with van der Waals surface area (Å²) in [5.41, 5.74) is 1.37. The number of nitrogens with zero attached hydrogens (tertiary/aromatic N) is 2. The molecule has 3 N–H and O–H groups in total. The van der Waals surface area contributed by atoms with Gasteiger partial charge < -0.3 is 5.32 Å². The molecule has 0 aliphatic carbocycles. The minimum absolute atomic E-state index is 0.0665. The van der Waals surface area contributed by atoms with Crippen molar-refractivity contribution in [3.8, 4) is 0 Å². The highest BCUT2D eigenvalue weighted by Crippen LogP contribution is 2.22. The molecule has 2 aromatic heterocycles. The third-order valence-electron chi connectivity index (χ3n) is 3.28. The molecule has 0 spiro atoms. The number of aromatic nitrogens is 4. The van der Waals surface area contributed by atoms with E-state index >= 15 is 0 Å². The molecule has 0 aliphatic rings. The zero-order valence-electron chi connectivity index (χ0n) is 12.0. The molecule has 1 amide bonds. The number of aromatic amines is 2. The van der Waals surface area contributed by atoms with Gasteiger partial charge in [0.1, 0.15) is 0 Å². The fourth-order valence-corrected chi connectivity index (χ4v) is 2.13. The summed E-state index contributed by atoms with van der Waals surface area (Å²) in [6.07, 6.45) is 0.365. The van der Waals surface area contributed by atoms with Crippen molar-refractivity contribution in [3.05, 3.63) is 38.5 Å². The molecule has 22 heavy (non-hydrogen) atoms. The average Bonchev–Trinajstić information content (AvgIpc) is 2.46. The second-order valence-corrected chi connectivity index (χ2v) is 4.89. The molecule has 0 atom stereocenters. The molecule has 0 saturated carbocycles. The predicted molar refractivity (Wildman–Crippen MR) is 81.9 cm³/mol. The van der Waals surface area contributed by atoms with Gasteiger partial charge in [-0.2, -0.15) is 0 Å². The Morgan fingerprint density at radius 2 is 1.91 bits per heavy atom. The van der Waals surface area contributed by atoms with E-state index in [1.54, 1.807) is 19.1 Å². The molecule has 0 radical (unpaired) electrons. The molecule has 3 rings (SSSR count). The lowest BCUT2D eigenvalue weighted by molar-refractivity contribution is -0.115. The molecule has 8 nitrogen and oxygen atoms in total. The highest BCUT2D eigenvalue weighted by molar-refractivity contribution is 5.95. The van der Waals surface area contributed by atoms with Crippen molar-refractivity contribution < 1.29 is 4.79 Å². The van der Waals surface area contributed by atoms with Crippen molar-refractivity contribution in [2.24, 2.45) is 0 Å². The highest BCUT2D eigenvalue weighted by Gasteiger charge is 2.10. The smallest absolute Gasteiger partial charge is 0.326 e. The van der Waals surface area contributed by atoms with Gasteiger partial charge in [0.25, 0.3) is 5.56 Å². The van der Waals surface area contributed by atoms with Crippen LogP contribution in [0.25, 0.3) is 22.2 Å². The van der Waals surface area contributed by atoms with E-state index < -0.39 is 11.2 Å². The third kappa shape index (κ3) is 2.34. The quantitative estimate of drug-likeness (QED) is 0.605. The summed E-state index contributed by atoms with van der Waals surface area (Å²) >= 11 is 0. The number of H-pyrrole nitrogens is 2. The Hall–Kier alpha value is -3.03. The number of rotatable bonds is 2. The van der Waals surface area contributed by atoms with E-state index in [1.165, 1.54) is 0 Å². The standard InChI is InChI=1S/C14H13N5O3/c1-3-10(20)15-7-5-9-8(4-6(7)2)16-11-12(17-9)18-14(22)19-13(11)21/h4-5H,3H2,1-2H3,(H,15,20)(H2,17,18,19,21,22). The fourth-order valence-electron chi connectivity index (χ4n) is 2.13. The Morgan fingerprint density at radius 3 is 2.64 bits per heavy atom. The van der Waals surface area contributed by atoms with E-state index in [0.717, 1.165) is 5.56 Å². The maximum atomic E-state index is 11.7. The van der Waals surface area contributed by atoms with Gasteiger partial charge in [-0.15, -0.1) is 0 Å². The third-order valence-corrected chi connectivity index (χ3v) is 3.28. The molecular formula is C14H13N5O3. The van der Waals surface area contributed by atoms with Crippen LogP contribution in [-0.2, 0) is 4.79 Å². The van der Waals surface area contributed by atoms with Crippen molar-refractivity contribution in [2.75, 3.05) is 5.32 Å². The molecule has 0 bridgehead atoms. The molecule has 0 unspecified atom stereocenters. The van der Waals surface area contributed by atoms with E-state index in [0.29, 0.717) is 23.1 Å². The van der Waals surface area contributed by atoms with Crippen LogP contribution in [0.15, 0.2) is 21.7 Å². The van der Waals surface area contributed by atoms with Crippen LogP contribution in [0, 0.1) is 6.92 Å². The summed E-state index contributed by atoms with van der Waals surface area (Å²) in [5, 5.41) is 2.78. The van der Waals surface area contributed by atoms with Gasteiger partial charge in [-0.1, -0.05) is 6.92 Å². The van der Waals surface area contributed by atoms with Gasteiger partial charge in [-0.3, -0.25) is 19.6 Å². The largest absolute Gasteiger partial charge is 0.327 e. The number of benzene rings is 1. The number of nitrogens with one attached hydrogen (secondary N) is 3. The Kier molecular flexibility index (Phi) is 3.21. The van der Waals surface area contributed by atoms with Gasteiger partial charge in [-0.05, 0) is 24.6 Å². The number of carbonyl (C=O) groups is 1. The van der Waals surface area contributed by atoms with E-state index in [9.17, 15) is 14.4 Å². The second kappa shape index (κ2) is 5.06. The van der Waals surface area contributed by atoms with Crippen molar-refractivity contribution in [3.63, 3.8) is 0 Å². The zero-order valence-corrected chi connectivity index (χ0v) is 12.0. The first-order valence-electron chi connectivity index (χ1n) is 6.72. The number of carbonyl (C=O) groups excluding carboxylic acids is 1. The molecule has 0 saturated heterocycles. The number of hydrogen-bond donors (Lipinski definition) is 3. The molecule has 3 aromatic rings. The Bertz CT molecular complexity index is 1020. The van der Waals surface area contributed by atoms with Crippen LogP contribution in [0.2, 0.25) is 0 Å². The highest BCUT2D eigenvalue weighted by atomic mass is 16.2. The number of hydrogen-bond acceptors (Lipinski definition) is 5. The van der Waals surface area contributed by atoms with Crippen molar-refractivity contribution in [1.82, 2.24) is 19.9 Å². The predicted octanol–water partition coefficient (Wildman–Crippen LogP) is 0.817. The van der Waals surface area contributed by atoms with Crippen molar-refractivity contribution in [1.29, 1.82) is 0 Å². The van der Waals surface area contributed by atoms with Crippen LogP contribution >= 0.6 is 0 Å². The second-order valence-electron chi connectivity index (χ2n) is 4.89. The van der Waals surface area contributed by atoms with Gasteiger partial charge in [0, 0.05) is 12.1 Å². The summed E-state index contributed by atoms with van der Waals surface area (Å²) < 4.78 is 0. The minimum atomic E-state index is -0.641. The molecule has 1 aromatic carbocycles. The van der Waals surface area contributed by atoms with Crippen LogP contribution in [0.5, 0.6) is 0 Å². The minimum Gasteiger partial charge on any atom is -0.326 e. The van der Waals surface area contributed by atoms with Crippen LogP contribution in [-0.4, -0.2) is 25.8 Å². The topological polar surface area (TPSA) is 121 Å². The van der Waals surface area contributed by atoms with E-state index in [-0.39, 0.29) is 17.1 Å². The maximum Gasteiger partial charge on any atom is 0.327 e. The van der Waals surface area contributed by atoms with Gasteiger partial charge in [0.2, 0.25) is 5.91 Å². The molecule has 112 valence electrons. The van der Waals surface area contributed by atoms with Crippen molar-refractivity contribution in [2.45, 2.75) is 20.3 Å². The summed E-state index contributed by atoms with van der Waals surface area (Å²) in [6.45, 7) is 3.59. The summed E-state index contributed by atoms with van der Waals surface area (Å²) in [5.74, 6) is -0.110. The first-order chi connectivity index (χ1) is 10.5. The van der Waals surface area contributed by atoms with E-state index in [1.807, 2.05) is 6.92 Å². The number of amides is 1. The maximum absolute atomic E-state index is 11.7. The number of fused-ring (bicyclic) bond motifs is 2. The van der Waals surface area contributed by atoms with E-state index in [4.69, 9.17) is 0 Å². The first-order valence-corrected chi connectivity index (χ1v) is 6.72. The van der Waals surface area contributed by atoms with Gasteiger partial charge in [0.15, 0.2) is 11.2 Å². The van der Waals surface area contributed by atoms with Crippen LogP contribution < -0.4 is 16.6 Å². The number of anilines is 1. The summed E-state index contributed by atoms with van der Waals surface area (Å²) in [6, 6.07) is 3.40. The lowest BCUT2D eigenvalue weighted by Crippen LogP contribution is -2.23. The molecule has 2 heterocycles. The Balaban J connectivity index is 2.27. The molecular weight excluding hydrogens is 286 g/mol. The molecule has 8 heteroatoms. The Labute approximate surface area is 123 Å². The molecule has 0 fully saturated rings. The van der Waals surface area contributed by atoms with Gasteiger partial charge in [0.05, 0.1) is 11.0 Å². The zero-order chi connectivity index (χ0) is 15.9. The lowest BCUT2D eigenvalue weighted by Gasteiger charge is -2.09. The normalized spacial score (nSPS) is 11.0. The lowest BCUT2D eigenvalue weighted by atomic mass is 10.1. The summed E-state index contributed by atoms with van der Waals surface area (Å²) in [7, 11) is 0. The van der Waals surface area contributed by atoms with Gasteiger partial charge in [-0.25, -0.2) is 14.8 Å². The van der Waals surface area contributed by atoms with Crippen molar-refractivity contribution >= 4 is 33.8 Å². The van der Waals surface area contributed by atoms with Crippen LogP contribution in [0.4, 0.5) is 5.69 Å². The van der Waals surface area contributed by atoms with Crippen LogP contribution in [0.3, 0.4) is 0 Å². The average molecular weight is 299 g/mol. The Morgan fingerprint density at radius 1 is 1.18 bits per heavy atom. The summed E-state index contributed by atoms with van der Waals surface area (Å²) in [4.78, 5) is 47.6. The van der Waals surface area contributed by atoms with E-state index in [2.05, 4.69) is 25.3 Å². The monoisotopic (exact) mass is 299 g/mol. The number of aryl methyl sites for hydroxylation is 1. The SMILES string of the molecule is CCC(=O)Nc1cc2nc3[nH]c(=O)[nH]c(=O)c3nc2cc1C. The van der Waals surface area contributed by atoms with Crippen LogP contribution in [0.1, 0.15) is 18.9 Å². The van der Waals surface area contributed by atoms with Gasteiger partial charge >= 0.3 is 5.69 Å². The first kappa shape index (κ1) is 13.9.